The van der Waals surface area contributed by atoms with Crippen LogP contribution >= 0.6 is 23.5 Å². The lowest BCUT2D eigenvalue weighted by atomic mass is 10.1. The van der Waals surface area contributed by atoms with Crippen LogP contribution in [0.25, 0.3) is 11.1 Å². The first-order chi connectivity index (χ1) is 9.26. The zero-order valence-corrected chi connectivity index (χ0v) is 12.5. The van der Waals surface area contributed by atoms with E-state index < -0.39 is 4.39 Å². The van der Waals surface area contributed by atoms with Crippen LogP contribution < -0.4 is 10.1 Å². The monoisotopic (exact) mass is 289 g/mol. The number of rotatable bonds is 3. The van der Waals surface area contributed by atoms with Crippen molar-refractivity contribution < 1.29 is 4.74 Å². The van der Waals surface area contributed by atoms with E-state index in [9.17, 15) is 0 Å². The number of thioether (sulfide) groups is 2. The Hall–Kier alpha value is -1.26. The number of nitrogens with one attached hydrogen (secondary N) is 1. The van der Waals surface area contributed by atoms with Gasteiger partial charge in [-0.15, -0.1) is 0 Å². The maximum Gasteiger partial charge on any atom is 0.278 e. The fourth-order valence-corrected chi connectivity index (χ4v) is 3.57. The molecule has 0 amide bonds. The molecule has 0 saturated heterocycles. The summed E-state index contributed by atoms with van der Waals surface area (Å²) >= 11 is 3.34. The van der Waals surface area contributed by atoms with E-state index in [1.165, 1.54) is 11.1 Å². The van der Waals surface area contributed by atoms with Crippen LogP contribution in [0.2, 0.25) is 0 Å². The van der Waals surface area contributed by atoms with E-state index in [4.69, 9.17) is 4.74 Å². The summed E-state index contributed by atoms with van der Waals surface area (Å²) < 4.78 is 5.61. The summed E-state index contributed by atoms with van der Waals surface area (Å²) in [6.45, 7) is 0. The van der Waals surface area contributed by atoms with E-state index in [1.807, 2.05) is 24.6 Å². The number of hydrogen-bond donors (Lipinski definition) is 1. The van der Waals surface area contributed by atoms with Crippen molar-refractivity contribution in [3.8, 4) is 16.9 Å². The predicted octanol–water partition coefficient (Wildman–Crippen LogP) is 4.50. The quantitative estimate of drug-likeness (QED) is 0.840. The fourth-order valence-electron chi connectivity index (χ4n) is 2.13. The maximum atomic E-state index is 6.00. The van der Waals surface area contributed by atoms with Crippen LogP contribution in [0.5, 0.6) is 5.75 Å². The van der Waals surface area contributed by atoms with Gasteiger partial charge in [-0.2, -0.15) is 0 Å². The molecule has 1 N–H and O–H groups in total. The van der Waals surface area contributed by atoms with Gasteiger partial charge in [0.1, 0.15) is 5.75 Å². The van der Waals surface area contributed by atoms with Crippen LogP contribution in [0.1, 0.15) is 0 Å². The summed E-state index contributed by atoms with van der Waals surface area (Å²) in [4.78, 5) is 0. The molecule has 19 heavy (non-hydrogen) atoms. The standard InChI is InChI=1S/C15H15NOS2/c1-18-15(19-2)16-13-10-12(8-9-14(13)17-15)11-6-4-3-5-7-11/h3-10,16H,1-2H3. The molecule has 0 radical (unpaired) electrons. The van der Waals surface area contributed by atoms with E-state index in [0.717, 1.165) is 11.4 Å². The molecule has 0 atom stereocenters. The highest BCUT2D eigenvalue weighted by Gasteiger charge is 2.37. The summed E-state index contributed by atoms with van der Waals surface area (Å²) in [6.07, 6.45) is 4.10. The van der Waals surface area contributed by atoms with Gasteiger partial charge in [0.15, 0.2) is 0 Å². The highest BCUT2D eigenvalue weighted by Crippen LogP contribution is 2.47. The van der Waals surface area contributed by atoms with Gasteiger partial charge in [0.25, 0.3) is 4.39 Å². The maximum absolute atomic E-state index is 6.00. The Balaban J connectivity index is 1.96. The van der Waals surface area contributed by atoms with Gasteiger partial charge >= 0.3 is 0 Å². The fraction of sp³-hybridized carbons (Fsp3) is 0.200. The molecule has 2 aromatic rings. The van der Waals surface area contributed by atoms with Crippen molar-refractivity contribution in [2.75, 3.05) is 17.8 Å². The second-order valence-electron chi connectivity index (χ2n) is 4.27. The SMILES string of the molecule is CSC1(SC)Nc2cc(-c3ccccc3)ccc2O1. The Bertz CT molecular complexity index is 582. The molecular formula is C15H15NOS2. The molecule has 0 aromatic heterocycles. The molecule has 1 heterocycles. The van der Waals surface area contributed by atoms with Crippen molar-refractivity contribution in [1.82, 2.24) is 0 Å². The smallest absolute Gasteiger partial charge is 0.278 e. The minimum Gasteiger partial charge on any atom is -0.447 e. The number of hydrogen-bond acceptors (Lipinski definition) is 4. The molecule has 98 valence electrons. The van der Waals surface area contributed by atoms with Crippen molar-refractivity contribution in [3.63, 3.8) is 0 Å². The Morgan fingerprint density at radius 2 is 1.68 bits per heavy atom. The first-order valence-electron chi connectivity index (χ1n) is 6.03. The molecule has 0 aliphatic carbocycles. The summed E-state index contributed by atoms with van der Waals surface area (Å²) in [5, 5.41) is 3.46. The molecule has 0 fully saturated rings. The molecule has 2 aromatic carbocycles. The highest BCUT2D eigenvalue weighted by atomic mass is 32.2. The zero-order valence-electron chi connectivity index (χ0n) is 10.8. The molecule has 4 heteroatoms. The predicted molar refractivity (Wildman–Crippen MR) is 85.9 cm³/mol. The van der Waals surface area contributed by atoms with Crippen molar-refractivity contribution in [2.45, 2.75) is 4.39 Å². The third kappa shape index (κ3) is 2.30. The van der Waals surface area contributed by atoms with Crippen LogP contribution in [0.3, 0.4) is 0 Å². The average molecular weight is 289 g/mol. The number of anilines is 1. The lowest BCUT2D eigenvalue weighted by Gasteiger charge is -2.23. The first kappa shape index (κ1) is 12.8. The summed E-state index contributed by atoms with van der Waals surface area (Å²) in [6, 6.07) is 16.7. The summed E-state index contributed by atoms with van der Waals surface area (Å²) in [5.74, 6) is 0.920. The molecule has 2 nitrogen and oxygen atoms in total. The topological polar surface area (TPSA) is 21.3 Å². The van der Waals surface area contributed by atoms with Crippen LogP contribution in [-0.2, 0) is 0 Å². The van der Waals surface area contributed by atoms with E-state index >= 15 is 0 Å². The molecule has 0 bridgehead atoms. The van der Waals surface area contributed by atoms with Gasteiger partial charge in [-0.3, -0.25) is 0 Å². The lowest BCUT2D eigenvalue weighted by Crippen LogP contribution is -2.31. The Labute approximate surface area is 121 Å². The second kappa shape index (κ2) is 5.02. The van der Waals surface area contributed by atoms with Gasteiger partial charge in [0, 0.05) is 0 Å². The molecule has 0 spiro atoms. The van der Waals surface area contributed by atoms with Gasteiger partial charge in [-0.05, 0) is 35.8 Å². The molecule has 0 unspecified atom stereocenters. The largest absolute Gasteiger partial charge is 0.447 e. The molecule has 3 rings (SSSR count). The lowest BCUT2D eigenvalue weighted by molar-refractivity contribution is 0.311. The van der Waals surface area contributed by atoms with Crippen molar-refractivity contribution in [2.24, 2.45) is 0 Å². The van der Waals surface area contributed by atoms with Crippen LogP contribution in [0.4, 0.5) is 5.69 Å². The molecule has 1 aliphatic rings. The van der Waals surface area contributed by atoms with E-state index in [0.29, 0.717) is 0 Å². The van der Waals surface area contributed by atoms with E-state index in [2.05, 4.69) is 41.7 Å². The zero-order chi connectivity index (χ0) is 13.3. The first-order valence-corrected chi connectivity index (χ1v) is 8.48. The number of benzene rings is 2. The Morgan fingerprint density at radius 3 is 2.37 bits per heavy atom. The average Bonchev–Trinajstić information content (AvgIpc) is 2.86. The van der Waals surface area contributed by atoms with Gasteiger partial charge in [0.05, 0.1) is 5.69 Å². The summed E-state index contributed by atoms with van der Waals surface area (Å²) in [5.41, 5.74) is 3.48. The third-order valence-electron chi connectivity index (χ3n) is 3.16. The highest BCUT2D eigenvalue weighted by molar-refractivity contribution is 8.17. The van der Waals surface area contributed by atoms with E-state index in [-0.39, 0.29) is 0 Å². The van der Waals surface area contributed by atoms with Crippen molar-refractivity contribution >= 4 is 29.2 Å². The van der Waals surface area contributed by atoms with Gasteiger partial charge in [-0.25, -0.2) is 0 Å². The Morgan fingerprint density at radius 1 is 0.947 bits per heavy atom. The number of fused-ring (bicyclic) bond motifs is 1. The van der Waals surface area contributed by atoms with Crippen LogP contribution in [0.15, 0.2) is 48.5 Å². The van der Waals surface area contributed by atoms with Crippen LogP contribution in [-0.4, -0.2) is 16.9 Å². The minimum absolute atomic E-state index is 0.391. The summed E-state index contributed by atoms with van der Waals surface area (Å²) in [7, 11) is 0. The van der Waals surface area contributed by atoms with Gasteiger partial charge in [-0.1, -0.05) is 59.9 Å². The van der Waals surface area contributed by atoms with Crippen molar-refractivity contribution in [3.05, 3.63) is 48.5 Å². The van der Waals surface area contributed by atoms with Crippen LogP contribution in [0, 0.1) is 0 Å². The molecule has 1 aliphatic heterocycles. The minimum atomic E-state index is -0.391. The Kier molecular flexibility index (Phi) is 3.37. The van der Waals surface area contributed by atoms with Crippen molar-refractivity contribution in [1.29, 1.82) is 0 Å². The third-order valence-corrected chi connectivity index (χ3v) is 5.60. The molecule has 0 saturated carbocycles. The normalized spacial score (nSPS) is 15.5. The van der Waals surface area contributed by atoms with Gasteiger partial charge < -0.3 is 10.1 Å². The van der Waals surface area contributed by atoms with E-state index in [1.54, 1.807) is 23.5 Å². The number of ether oxygens (including phenoxy) is 1. The van der Waals surface area contributed by atoms with Gasteiger partial charge in [0.2, 0.25) is 0 Å². The second-order valence-corrected chi connectivity index (χ2v) is 6.49. The molecular weight excluding hydrogens is 274 g/mol.